The fraction of sp³-hybridized carbons (Fsp3) is 0.278. The van der Waals surface area contributed by atoms with E-state index in [1.807, 2.05) is 24.3 Å². The van der Waals surface area contributed by atoms with Crippen molar-refractivity contribution >= 4 is 11.7 Å². The number of hydrogen-bond acceptors (Lipinski definition) is 5. The number of anilines is 1. The molecule has 0 aliphatic carbocycles. The maximum Gasteiger partial charge on any atom is 0.230 e. The predicted octanol–water partition coefficient (Wildman–Crippen LogP) is 2.95. The Hall–Kier alpha value is -3.07. The lowest BCUT2D eigenvalue weighted by Gasteiger charge is -2.12. The summed E-state index contributed by atoms with van der Waals surface area (Å²) in [5.74, 6) is 1.32. The van der Waals surface area contributed by atoms with E-state index in [2.05, 4.69) is 16.4 Å². The highest BCUT2D eigenvalue weighted by Crippen LogP contribution is 2.22. The highest BCUT2D eigenvalue weighted by Gasteiger charge is 2.12. The molecule has 0 saturated carbocycles. The number of hydrogen-bond donors (Lipinski definition) is 1. The molecular weight excluding hydrogens is 306 g/mol. The monoisotopic (exact) mass is 325 g/mol. The van der Waals surface area contributed by atoms with Crippen molar-refractivity contribution in [2.75, 3.05) is 19.0 Å². The molecule has 0 saturated heterocycles. The molecule has 0 aliphatic heterocycles. The minimum atomic E-state index is -0.208. The molecule has 2 aromatic rings. The number of nitrogens with one attached hydrogen (secondary N) is 1. The average molecular weight is 325 g/mol. The van der Waals surface area contributed by atoms with E-state index < -0.39 is 0 Å². The van der Waals surface area contributed by atoms with Gasteiger partial charge in [0, 0.05) is 18.2 Å². The number of pyridine rings is 1. The third-order valence-electron chi connectivity index (χ3n) is 3.26. The van der Waals surface area contributed by atoms with Gasteiger partial charge >= 0.3 is 0 Å². The Morgan fingerprint density at radius 3 is 2.83 bits per heavy atom. The molecule has 1 aromatic carbocycles. The number of benzene rings is 1. The Balaban J connectivity index is 2.00. The van der Waals surface area contributed by atoms with Gasteiger partial charge in [-0.05, 0) is 24.6 Å². The smallest absolute Gasteiger partial charge is 0.230 e. The Kier molecular flexibility index (Phi) is 6.59. The maximum atomic E-state index is 12.3. The second kappa shape index (κ2) is 9.16. The number of rotatable bonds is 8. The number of nitriles is 1. The second-order valence-corrected chi connectivity index (χ2v) is 5.00. The van der Waals surface area contributed by atoms with Crippen LogP contribution in [0.2, 0.25) is 0 Å². The number of carbonyl (C=O) groups is 1. The van der Waals surface area contributed by atoms with Crippen LogP contribution in [0.5, 0.6) is 11.5 Å². The van der Waals surface area contributed by atoms with Crippen molar-refractivity contribution in [1.82, 2.24) is 4.98 Å². The Morgan fingerprint density at radius 1 is 1.25 bits per heavy atom. The van der Waals surface area contributed by atoms with E-state index in [1.54, 1.807) is 25.4 Å². The van der Waals surface area contributed by atoms with Crippen molar-refractivity contribution in [3.05, 3.63) is 48.2 Å². The van der Waals surface area contributed by atoms with Crippen LogP contribution in [0.3, 0.4) is 0 Å². The largest absolute Gasteiger partial charge is 0.496 e. The number of aromatic nitrogens is 1. The molecule has 24 heavy (non-hydrogen) atoms. The molecule has 124 valence electrons. The minimum Gasteiger partial charge on any atom is -0.496 e. The summed E-state index contributed by atoms with van der Waals surface area (Å²) in [5, 5.41) is 11.3. The van der Waals surface area contributed by atoms with E-state index in [4.69, 9.17) is 14.7 Å². The molecule has 6 nitrogen and oxygen atoms in total. The van der Waals surface area contributed by atoms with E-state index >= 15 is 0 Å². The molecule has 2 rings (SSSR count). The van der Waals surface area contributed by atoms with E-state index in [0.717, 1.165) is 5.56 Å². The van der Waals surface area contributed by atoms with E-state index in [1.165, 1.54) is 0 Å². The lowest BCUT2D eigenvalue weighted by atomic mass is 10.1. The Morgan fingerprint density at radius 2 is 2.04 bits per heavy atom. The first-order valence-electron chi connectivity index (χ1n) is 7.61. The summed E-state index contributed by atoms with van der Waals surface area (Å²) < 4.78 is 10.8. The number of unbranched alkanes of at least 4 members (excludes halogenated alkanes) is 1. The van der Waals surface area contributed by atoms with Gasteiger partial charge in [0.2, 0.25) is 5.91 Å². The van der Waals surface area contributed by atoms with Crippen LogP contribution in [0.4, 0.5) is 5.82 Å². The molecule has 0 bridgehead atoms. The highest BCUT2D eigenvalue weighted by atomic mass is 16.5. The molecule has 0 unspecified atom stereocenters. The normalized spacial score (nSPS) is 9.83. The van der Waals surface area contributed by atoms with Crippen molar-refractivity contribution < 1.29 is 14.3 Å². The minimum absolute atomic E-state index is 0.175. The van der Waals surface area contributed by atoms with Crippen molar-refractivity contribution in [2.45, 2.75) is 19.3 Å². The zero-order chi connectivity index (χ0) is 17.2. The summed E-state index contributed by atoms with van der Waals surface area (Å²) in [5.41, 5.74) is 0.796. The SMILES string of the molecule is COc1ccccc1CC(=O)Nc1ncccc1OCCCC#N. The number of ether oxygens (including phenoxy) is 2. The number of para-hydroxylation sites is 1. The maximum absolute atomic E-state index is 12.3. The van der Waals surface area contributed by atoms with Gasteiger partial charge < -0.3 is 14.8 Å². The molecule has 0 fully saturated rings. The van der Waals surface area contributed by atoms with Gasteiger partial charge in [-0.1, -0.05) is 18.2 Å². The van der Waals surface area contributed by atoms with Gasteiger partial charge in [0.1, 0.15) is 5.75 Å². The molecule has 0 aliphatic rings. The van der Waals surface area contributed by atoms with Gasteiger partial charge in [-0.25, -0.2) is 4.98 Å². The molecule has 0 spiro atoms. The number of amides is 1. The van der Waals surface area contributed by atoms with Gasteiger partial charge in [0.05, 0.1) is 26.2 Å². The van der Waals surface area contributed by atoms with E-state index in [9.17, 15) is 4.79 Å². The number of carbonyl (C=O) groups excluding carboxylic acids is 1. The summed E-state index contributed by atoms with van der Waals surface area (Å²) in [6, 6.07) is 12.9. The second-order valence-electron chi connectivity index (χ2n) is 5.00. The van der Waals surface area contributed by atoms with Crippen molar-refractivity contribution in [1.29, 1.82) is 5.26 Å². The molecule has 0 atom stereocenters. The molecule has 1 aromatic heterocycles. The fourth-order valence-electron chi connectivity index (χ4n) is 2.13. The highest BCUT2D eigenvalue weighted by molar-refractivity contribution is 5.92. The Labute approximate surface area is 141 Å². The molecule has 1 N–H and O–H groups in total. The first-order chi connectivity index (χ1) is 11.7. The van der Waals surface area contributed by atoms with Gasteiger partial charge in [-0.2, -0.15) is 5.26 Å². The third-order valence-corrected chi connectivity index (χ3v) is 3.26. The third kappa shape index (κ3) is 4.99. The molecule has 6 heteroatoms. The van der Waals surface area contributed by atoms with Crippen LogP contribution in [0, 0.1) is 11.3 Å². The van der Waals surface area contributed by atoms with Crippen molar-refractivity contribution in [3.8, 4) is 17.6 Å². The van der Waals surface area contributed by atoms with Crippen LogP contribution >= 0.6 is 0 Å². The molecule has 1 amide bonds. The predicted molar refractivity (Wildman–Crippen MR) is 89.9 cm³/mol. The summed E-state index contributed by atoms with van der Waals surface area (Å²) in [4.78, 5) is 16.4. The van der Waals surface area contributed by atoms with Crippen LogP contribution in [0.15, 0.2) is 42.6 Å². The summed E-state index contributed by atoms with van der Waals surface area (Å²) >= 11 is 0. The van der Waals surface area contributed by atoms with Crippen LogP contribution in [-0.4, -0.2) is 24.6 Å². The van der Waals surface area contributed by atoms with Crippen LogP contribution in [-0.2, 0) is 11.2 Å². The van der Waals surface area contributed by atoms with Gasteiger partial charge in [-0.15, -0.1) is 0 Å². The fourth-order valence-corrected chi connectivity index (χ4v) is 2.13. The quantitative estimate of drug-likeness (QED) is 0.754. The average Bonchev–Trinajstić information content (AvgIpc) is 2.60. The lowest BCUT2D eigenvalue weighted by molar-refractivity contribution is -0.115. The summed E-state index contributed by atoms with van der Waals surface area (Å²) in [6.07, 6.45) is 2.81. The standard InChI is InChI=1S/C18H19N3O3/c1-23-15-8-3-2-7-14(15)13-17(22)21-18-16(9-6-11-20-18)24-12-5-4-10-19/h2-3,6-9,11H,4-5,12-13H2,1H3,(H,20,21,22). The Bertz CT molecular complexity index is 725. The van der Waals surface area contributed by atoms with Crippen LogP contribution in [0.25, 0.3) is 0 Å². The first kappa shape index (κ1) is 17.3. The van der Waals surface area contributed by atoms with E-state index in [-0.39, 0.29) is 12.3 Å². The van der Waals surface area contributed by atoms with Crippen LogP contribution < -0.4 is 14.8 Å². The van der Waals surface area contributed by atoms with Gasteiger partial charge in [0.15, 0.2) is 11.6 Å². The van der Waals surface area contributed by atoms with E-state index in [0.29, 0.717) is 36.8 Å². The summed E-state index contributed by atoms with van der Waals surface area (Å²) in [6.45, 7) is 0.397. The van der Waals surface area contributed by atoms with Gasteiger partial charge in [0.25, 0.3) is 0 Å². The zero-order valence-corrected chi connectivity index (χ0v) is 13.5. The van der Waals surface area contributed by atoms with Crippen molar-refractivity contribution in [3.63, 3.8) is 0 Å². The van der Waals surface area contributed by atoms with Gasteiger partial charge in [-0.3, -0.25) is 4.79 Å². The van der Waals surface area contributed by atoms with Crippen molar-refractivity contribution in [2.24, 2.45) is 0 Å². The topological polar surface area (TPSA) is 84.2 Å². The molecular formula is C18H19N3O3. The zero-order valence-electron chi connectivity index (χ0n) is 13.5. The first-order valence-corrected chi connectivity index (χ1v) is 7.61. The molecule has 1 heterocycles. The summed E-state index contributed by atoms with van der Waals surface area (Å²) in [7, 11) is 1.57. The number of methoxy groups -OCH3 is 1. The molecule has 0 radical (unpaired) electrons. The lowest BCUT2D eigenvalue weighted by Crippen LogP contribution is -2.16. The van der Waals surface area contributed by atoms with Crippen LogP contribution in [0.1, 0.15) is 18.4 Å². The number of nitrogens with zero attached hydrogens (tertiary/aromatic N) is 2.